The van der Waals surface area contributed by atoms with E-state index < -0.39 is 0 Å². The summed E-state index contributed by atoms with van der Waals surface area (Å²) in [4.78, 5) is 33.9. The number of carbonyl (C=O) groups excluding carboxylic acids is 3. The van der Waals surface area contributed by atoms with Crippen molar-refractivity contribution in [2.75, 3.05) is 25.2 Å². The molecule has 0 saturated carbocycles. The summed E-state index contributed by atoms with van der Waals surface area (Å²) in [5, 5.41) is 2.95. The maximum Gasteiger partial charge on any atom is 0.305 e. The molecule has 1 unspecified atom stereocenters. The fraction of sp³-hybridized carbons (Fsp3) is 0.800. The summed E-state index contributed by atoms with van der Waals surface area (Å²) in [6, 6.07) is -0.203. The highest BCUT2D eigenvalue weighted by Crippen LogP contribution is 2.12. The Hall–Kier alpha value is -1.08. The summed E-state index contributed by atoms with van der Waals surface area (Å²) in [7, 11) is 1.74. The number of carbonyl (C=O) groups is 3. The molecule has 0 radical (unpaired) electrons. The molecular formula is C15H27NO5S. The number of rotatable bonds is 12. The predicted octanol–water partition coefficient (Wildman–Crippen LogP) is 1.56. The third kappa shape index (κ3) is 9.78. The van der Waals surface area contributed by atoms with Crippen LogP contribution >= 0.6 is 11.8 Å². The van der Waals surface area contributed by atoms with Crippen LogP contribution in [0.15, 0.2) is 0 Å². The third-order valence-corrected chi connectivity index (χ3v) is 4.18. The van der Waals surface area contributed by atoms with Gasteiger partial charge in [-0.05, 0) is 14.0 Å². The van der Waals surface area contributed by atoms with Crippen LogP contribution in [0.3, 0.4) is 0 Å². The maximum atomic E-state index is 11.4. The fourth-order valence-corrected chi connectivity index (χ4v) is 2.84. The number of esters is 2. The second-order valence-corrected chi connectivity index (χ2v) is 5.89. The second-order valence-electron chi connectivity index (χ2n) is 4.82. The van der Waals surface area contributed by atoms with Gasteiger partial charge in [-0.3, -0.25) is 14.4 Å². The Morgan fingerprint density at radius 3 is 2.23 bits per heavy atom. The molecule has 0 aliphatic carbocycles. The van der Waals surface area contributed by atoms with E-state index in [0.717, 1.165) is 0 Å². The van der Waals surface area contributed by atoms with E-state index in [1.165, 1.54) is 11.8 Å². The molecule has 1 N–H and O–H groups in total. The second kappa shape index (κ2) is 12.5. The topological polar surface area (TPSA) is 81.7 Å². The van der Waals surface area contributed by atoms with Crippen molar-refractivity contribution >= 4 is 29.5 Å². The van der Waals surface area contributed by atoms with Gasteiger partial charge >= 0.3 is 11.9 Å². The molecule has 0 saturated heterocycles. The number of ether oxygens (including phenoxy) is 2. The van der Waals surface area contributed by atoms with Crippen molar-refractivity contribution < 1.29 is 23.9 Å². The molecule has 6 nitrogen and oxygen atoms in total. The average molecular weight is 333 g/mol. The molecule has 0 aliphatic rings. The zero-order valence-corrected chi connectivity index (χ0v) is 14.7. The zero-order valence-electron chi connectivity index (χ0n) is 13.8. The highest BCUT2D eigenvalue weighted by molar-refractivity contribution is 7.99. The van der Waals surface area contributed by atoms with E-state index in [1.54, 1.807) is 27.8 Å². The van der Waals surface area contributed by atoms with Crippen LogP contribution in [0, 0.1) is 0 Å². The van der Waals surface area contributed by atoms with Crippen LogP contribution < -0.4 is 5.32 Å². The van der Waals surface area contributed by atoms with Crippen molar-refractivity contribution in [2.45, 2.75) is 52.2 Å². The van der Waals surface area contributed by atoms with Gasteiger partial charge in [-0.1, -0.05) is 13.8 Å². The van der Waals surface area contributed by atoms with Crippen molar-refractivity contribution in [2.24, 2.45) is 0 Å². The largest absolute Gasteiger partial charge is 0.466 e. The SMILES string of the molecule is CCC(=O)OCCC(CSC[C@H](NC)C(C)=O)OC(=O)CC. The van der Waals surface area contributed by atoms with Gasteiger partial charge < -0.3 is 14.8 Å². The number of Topliss-reactive ketones (excluding diaryl/α,β-unsaturated/α-hetero) is 1. The van der Waals surface area contributed by atoms with Gasteiger partial charge in [0.25, 0.3) is 0 Å². The minimum Gasteiger partial charge on any atom is -0.466 e. The molecule has 0 fully saturated rings. The summed E-state index contributed by atoms with van der Waals surface area (Å²) in [5.41, 5.74) is 0. The van der Waals surface area contributed by atoms with E-state index in [4.69, 9.17) is 9.47 Å². The quantitative estimate of drug-likeness (QED) is 0.543. The Bertz CT molecular complexity index is 362. The standard InChI is InChI=1S/C15H27NO5S/c1-5-14(18)20-8-7-12(21-15(19)6-2)9-22-10-13(16-4)11(3)17/h12-13,16H,5-10H2,1-4H3/t12?,13-/m0/s1. The van der Waals surface area contributed by atoms with E-state index in [0.29, 0.717) is 30.8 Å². The summed E-state index contributed by atoms with van der Waals surface area (Å²) < 4.78 is 10.4. The highest BCUT2D eigenvalue weighted by atomic mass is 32.2. The molecule has 0 spiro atoms. The van der Waals surface area contributed by atoms with Gasteiger partial charge in [0.05, 0.1) is 12.6 Å². The van der Waals surface area contributed by atoms with E-state index in [9.17, 15) is 14.4 Å². The van der Waals surface area contributed by atoms with Gasteiger partial charge in [0.2, 0.25) is 0 Å². The molecule has 0 amide bonds. The monoisotopic (exact) mass is 333 g/mol. The first-order chi connectivity index (χ1) is 10.4. The fourth-order valence-electron chi connectivity index (χ4n) is 1.57. The molecule has 0 aromatic carbocycles. The minimum absolute atomic E-state index is 0.0778. The molecular weight excluding hydrogens is 306 g/mol. The van der Waals surface area contributed by atoms with Crippen molar-refractivity contribution in [3.05, 3.63) is 0 Å². The van der Waals surface area contributed by atoms with Crippen LogP contribution in [0.2, 0.25) is 0 Å². The predicted molar refractivity (Wildman–Crippen MR) is 86.9 cm³/mol. The molecule has 0 rings (SSSR count). The summed E-state index contributed by atoms with van der Waals surface area (Å²) in [6.45, 7) is 5.24. The molecule has 0 aromatic rings. The molecule has 0 heterocycles. The van der Waals surface area contributed by atoms with E-state index in [1.807, 2.05) is 0 Å². The third-order valence-electron chi connectivity index (χ3n) is 3.01. The number of hydrogen-bond acceptors (Lipinski definition) is 7. The van der Waals surface area contributed by atoms with E-state index in [2.05, 4.69) is 5.32 Å². The number of hydrogen-bond donors (Lipinski definition) is 1. The Balaban J connectivity index is 4.25. The first-order valence-electron chi connectivity index (χ1n) is 7.55. The average Bonchev–Trinajstić information content (AvgIpc) is 2.50. The van der Waals surface area contributed by atoms with Crippen molar-refractivity contribution in [3.8, 4) is 0 Å². The Morgan fingerprint density at radius 2 is 1.73 bits per heavy atom. The van der Waals surface area contributed by atoms with Crippen molar-refractivity contribution in [1.82, 2.24) is 5.32 Å². The number of ketones is 1. The lowest BCUT2D eigenvalue weighted by Crippen LogP contribution is -2.35. The van der Waals surface area contributed by atoms with Crippen LogP contribution in [-0.4, -0.2) is 55.0 Å². The van der Waals surface area contributed by atoms with Crippen LogP contribution in [0.25, 0.3) is 0 Å². The highest BCUT2D eigenvalue weighted by Gasteiger charge is 2.17. The molecule has 7 heteroatoms. The lowest BCUT2D eigenvalue weighted by molar-refractivity contribution is -0.149. The smallest absolute Gasteiger partial charge is 0.305 e. The molecule has 0 bridgehead atoms. The Morgan fingerprint density at radius 1 is 1.09 bits per heavy atom. The van der Waals surface area contributed by atoms with Crippen LogP contribution in [0.5, 0.6) is 0 Å². The molecule has 128 valence electrons. The van der Waals surface area contributed by atoms with Gasteiger partial charge in [0.15, 0.2) is 0 Å². The number of thioether (sulfide) groups is 1. The first kappa shape index (κ1) is 20.9. The Labute approximate surface area is 136 Å². The summed E-state index contributed by atoms with van der Waals surface area (Å²) in [6.07, 6.45) is 0.792. The van der Waals surface area contributed by atoms with Crippen molar-refractivity contribution in [1.29, 1.82) is 0 Å². The van der Waals surface area contributed by atoms with Crippen LogP contribution in [0.4, 0.5) is 0 Å². The lowest BCUT2D eigenvalue weighted by atomic mass is 10.2. The molecule has 2 atom stereocenters. The zero-order chi connectivity index (χ0) is 17.0. The Kier molecular flexibility index (Phi) is 11.9. The van der Waals surface area contributed by atoms with Gasteiger partial charge in [-0.2, -0.15) is 11.8 Å². The number of likely N-dealkylation sites (N-methyl/N-ethyl adjacent to an activating group) is 1. The van der Waals surface area contributed by atoms with Gasteiger partial charge in [-0.25, -0.2) is 0 Å². The molecule has 0 aliphatic heterocycles. The molecule has 0 aromatic heterocycles. The van der Waals surface area contributed by atoms with Crippen LogP contribution in [0.1, 0.15) is 40.0 Å². The maximum absolute atomic E-state index is 11.4. The molecule has 22 heavy (non-hydrogen) atoms. The van der Waals surface area contributed by atoms with Gasteiger partial charge in [-0.15, -0.1) is 0 Å². The minimum atomic E-state index is -0.313. The number of nitrogens with one attached hydrogen (secondary N) is 1. The van der Waals surface area contributed by atoms with E-state index >= 15 is 0 Å². The summed E-state index contributed by atoms with van der Waals surface area (Å²) in [5.74, 6) is 0.722. The van der Waals surface area contributed by atoms with E-state index in [-0.39, 0.29) is 36.5 Å². The van der Waals surface area contributed by atoms with Crippen molar-refractivity contribution in [3.63, 3.8) is 0 Å². The first-order valence-corrected chi connectivity index (χ1v) is 8.70. The van der Waals surface area contributed by atoms with Crippen LogP contribution in [-0.2, 0) is 23.9 Å². The lowest BCUT2D eigenvalue weighted by Gasteiger charge is -2.19. The van der Waals surface area contributed by atoms with Gasteiger partial charge in [0, 0.05) is 30.8 Å². The normalized spacial score (nSPS) is 13.3. The summed E-state index contributed by atoms with van der Waals surface area (Å²) >= 11 is 1.54. The van der Waals surface area contributed by atoms with Gasteiger partial charge in [0.1, 0.15) is 11.9 Å².